The largest absolute Gasteiger partial charge is 0.354 e. The normalized spacial score (nSPS) is 9.69. The van der Waals surface area contributed by atoms with E-state index in [-0.39, 0.29) is 11.9 Å². The van der Waals surface area contributed by atoms with Crippen molar-refractivity contribution in [3.8, 4) is 0 Å². The molecule has 0 aliphatic carbocycles. The van der Waals surface area contributed by atoms with Crippen LogP contribution in [0, 0.1) is 0 Å². The number of halogens is 1. The number of hydrogen-bond acceptors (Lipinski definition) is 2. The van der Waals surface area contributed by atoms with Crippen molar-refractivity contribution in [3.05, 3.63) is 0 Å². The van der Waals surface area contributed by atoms with Crippen LogP contribution in [-0.4, -0.2) is 49.9 Å². The number of amides is 3. The molecule has 0 bridgehead atoms. The maximum atomic E-state index is 11.2. The highest BCUT2D eigenvalue weighted by Crippen LogP contribution is 1.96. The minimum Gasteiger partial charge on any atom is -0.354 e. The molecule has 0 spiro atoms. The Kier molecular flexibility index (Phi) is 8.71. The monoisotopic (exact) mass is 249 g/mol. The fraction of sp³-hybridized carbons (Fsp3) is 0.800. The lowest BCUT2D eigenvalue weighted by Crippen LogP contribution is -2.39. The summed E-state index contributed by atoms with van der Waals surface area (Å²) >= 11 is 5.49. The number of carbonyl (C=O) groups is 2. The van der Waals surface area contributed by atoms with Gasteiger partial charge in [-0.25, -0.2) is 4.79 Å². The van der Waals surface area contributed by atoms with Gasteiger partial charge < -0.3 is 15.5 Å². The number of alkyl halides is 1. The third-order valence-corrected chi connectivity index (χ3v) is 2.18. The van der Waals surface area contributed by atoms with Crippen LogP contribution in [0.15, 0.2) is 0 Å². The molecule has 0 radical (unpaired) electrons. The second-order valence-electron chi connectivity index (χ2n) is 3.62. The highest BCUT2D eigenvalue weighted by atomic mass is 35.5. The number of nitrogens with one attached hydrogen (secondary N) is 2. The van der Waals surface area contributed by atoms with Gasteiger partial charge in [-0.15, -0.1) is 11.6 Å². The second-order valence-corrected chi connectivity index (χ2v) is 4.00. The summed E-state index contributed by atoms with van der Waals surface area (Å²) in [5.74, 6) is 0.593. The van der Waals surface area contributed by atoms with Crippen LogP contribution in [0.5, 0.6) is 0 Å². The molecule has 0 unspecified atom stereocenters. The summed E-state index contributed by atoms with van der Waals surface area (Å²) in [6, 6.07) is -0.156. The standard InChI is InChI=1S/C10H20ClN3O2/c1-14(2)10(16)13-8-7-12-9(15)5-3-4-6-11/h3-8H2,1-2H3,(H,12,15)(H,13,16). The zero-order valence-electron chi connectivity index (χ0n) is 9.88. The fourth-order valence-electron chi connectivity index (χ4n) is 0.998. The molecule has 0 aliphatic rings. The Balaban J connectivity index is 3.37. The van der Waals surface area contributed by atoms with Crippen molar-refractivity contribution in [2.45, 2.75) is 19.3 Å². The molecule has 2 N–H and O–H groups in total. The Bertz CT molecular complexity index is 222. The van der Waals surface area contributed by atoms with Crippen LogP contribution in [0.25, 0.3) is 0 Å². The molecule has 0 aromatic heterocycles. The Morgan fingerprint density at radius 1 is 1.12 bits per heavy atom. The average Bonchev–Trinajstić information content (AvgIpc) is 2.24. The summed E-state index contributed by atoms with van der Waals surface area (Å²) in [6.07, 6.45) is 2.15. The van der Waals surface area contributed by atoms with Gasteiger partial charge in [0, 0.05) is 39.5 Å². The fourth-order valence-corrected chi connectivity index (χ4v) is 1.19. The molecular weight excluding hydrogens is 230 g/mol. The molecule has 0 fully saturated rings. The quantitative estimate of drug-likeness (QED) is 0.518. The van der Waals surface area contributed by atoms with Crippen molar-refractivity contribution in [1.82, 2.24) is 15.5 Å². The first-order valence-electron chi connectivity index (χ1n) is 5.35. The lowest BCUT2D eigenvalue weighted by molar-refractivity contribution is -0.121. The van der Waals surface area contributed by atoms with E-state index < -0.39 is 0 Å². The SMILES string of the molecule is CN(C)C(=O)NCCNC(=O)CCCCCl. The van der Waals surface area contributed by atoms with Gasteiger partial charge in [-0.1, -0.05) is 0 Å². The number of nitrogens with zero attached hydrogens (tertiary/aromatic N) is 1. The van der Waals surface area contributed by atoms with E-state index in [0.29, 0.717) is 25.4 Å². The molecule has 3 amide bonds. The highest BCUT2D eigenvalue weighted by molar-refractivity contribution is 6.17. The van der Waals surface area contributed by atoms with E-state index in [4.69, 9.17) is 11.6 Å². The molecule has 16 heavy (non-hydrogen) atoms. The predicted octanol–water partition coefficient (Wildman–Crippen LogP) is 0.783. The van der Waals surface area contributed by atoms with E-state index in [1.165, 1.54) is 4.90 Å². The summed E-state index contributed by atoms with van der Waals surface area (Å²) in [5.41, 5.74) is 0. The van der Waals surface area contributed by atoms with Crippen LogP contribution in [0.2, 0.25) is 0 Å². The molecular formula is C10H20ClN3O2. The number of rotatable bonds is 7. The van der Waals surface area contributed by atoms with Gasteiger partial charge in [0.15, 0.2) is 0 Å². The molecule has 0 heterocycles. The number of urea groups is 1. The van der Waals surface area contributed by atoms with E-state index in [1.807, 2.05) is 0 Å². The van der Waals surface area contributed by atoms with Gasteiger partial charge >= 0.3 is 6.03 Å². The van der Waals surface area contributed by atoms with Crippen molar-refractivity contribution in [3.63, 3.8) is 0 Å². The van der Waals surface area contributed by atoms with Crippen LogP contribution in [0.4, 0.5) is 4.79 Å². The third kappa shape index (κ3) is 8.35. The summed E-state index contributed by atoms with van der Waals surface area (Å²) in [6.45, 7) is 0.900. The van der Waals surface area contributed by atoms with Crippen LogP contribution in [0.3, 0.4) is 0 Å². The maximum absolute atomic E-state index is 11.2. The minimum atomic E-state index is -0.156. The van der Waals surface area contributed by atoms with Crippen molar-refractivity contribution in [2.75, 3.05) is 33.1 Å². The van der Waals surface area contributed by atoms with Crippen molar-refractivity contribution >= 4 is 23.5 Å². The molecule has 94 valence electrons. The smallest absolute Gasteiger partial charge is 0.316 e. The molecule has 5 nitrogen and oxygen atoms in total. The van der Waals surface area contributed by atoms with Crippen LogP contribution >= 0.6 is 11.6 Å². The zero-order chi connectivity index (χ0) is 12.4. The van der Waals surface area contributed by atoms with Crippen LogP contribution in [0.1, 0.15) is 19.3 Å². The zero-order valence-corrected chi connectivity index (χ0v) is 10.6. The van der Waals surface area contributed by atoms with E-state index in [1.54, 1.807) is 14.1 Å². The first kappa shape index (κ1) is 15.0. The summed E-state index contributed by atoms with van der Waals surface area (Å²) in [7, 11) is 3.33. The number of hydrogen-bond donors (Lipinski definition) is 2. The van der Waals surface area contributed by atoms with Crippen molar-refractivity contribution in [2.24, 2.45) is 0 Å². The lowest BCUT2D eigenvalue weighted by Gasteiger charge is -2.12. The van der Waals surface area contributed by atoms with E-state index in [9.17, 15) is 9.59 Å². The molecule has 0 saturated heterocycles. The molecule has 0 atom stereocenters. The Morgan fingerprint density at radius 2 is 1.75 bits per heavy atom. The van der Waals surface area contributed by atoms with Crippen LogP contribution in [-0.2, 0) is 4.79 Å². The maximum Gasteiger partial charge on any atom is 0.316 e. The second kappa shape index (κ2) is 9.27. The molecule has 0 aromatic rings. The van der Waals surface area contributed by atoms with E-state index in [0.717, 1.165) is 12.8 Å². The van der Waals surface area contributed by atoms with Crippen LogP contribution < -0.4 is 10.6 Å². The van der Waals surface area contributed by atoms with Gasteiger partial charge in [-0.2, -0.15) is 0 Å². The van der Waals surface area contributed by atoms with Gasteiger partial charge in [-0.05, 0) is 12.8 Å². The first-order valence-corrected chi connectivity index (χ1v) is 5.89. The highest BCUT2D eigenvalue weighted by Gasteiger charge is 2.02. The van der Waals surface area contributed by atoms with Crippen molar-refractivity contribution < 1.29 is 9.59 Å². The summed E-state index contributed by atoms with van der Waals surface area (Å²) in [4.78, 5) is 23.8. The Morgan fingerprint density at radius 3 is 2.31 bits per heavy atom. The summed E-state index contributed by atoms with van der Waals surface area (Å²) in [5, 5.41) is 5.38. The topological polar surface area (TPSA) is 61.4 Å². The molecule has 0 aromatic carbocycles. The van der Waals surface area contributed by atoms with Gasteiger partial charge in [0.1, 0.15) is 0 Å². The molecule has 0 rings (SSSR count). The van der Waals surface area contributed by atoms with E-state index >= 15 is 0 Å². The molecule has 0 aliphatic heterocycles. The minimum absolute atomic E-state index is 0.00391. The van der Waals surface area contributed by atoms with Gasteiger partial charge in [0.2, 0.25) is 5.91 Å². The predicted molar refractivity (Wildman–Crippen MR) is 64.7 cm³/mol. The van der Waals surface area contributed by atoms with Gasteiger partial charge in [-0.3, -0.25) is 4.79 Å². The number of carbonyl (C=O) groups excluding carboxylic acids is 2. The van der Waals surface area contributed by atoms with Gasteiger partial charge in [0.05, 0.1) is 0 Å². The number of unbranched alkanes of at least 4 members (excludes halogenated alkanes) is 1. The van der Waals surface area contributed by atoms with Gasteiger partial charge in [0.25, 0.3) is 0 Å². The van der Waals surface area contributed by atoms with E-state index in [2.05, 4.69) is 10.6 Å². The Labute approximate surface area is 102 Å². The molecule has 0 saturated carbocycles. The third-order valence-electron chi connectivity index (χ3n) is 1.92. The molecule has 6 heteroatoms. The first-order chi connectivity index (χ1) is 7.57. The summed E-state index contributed by atoms with van der Waals surface area (Å²) < 4.78 is 0. The lowest BCUT2D eigenvalue weighted by atomic mass is 10.2. The van der Waals surface area contributed by atoms with Crippen molar-refractivity contribution in [1.29, 1.82) is 0 Å². The Hall–Kier alpha value is -0.970. The average molecular weight is 250 g/mol.